The fourth-order valence-electron chi connectivity index (χ4n) is 1.93. The average Bonchev–Trinajstić information content (AvgIpc) is 2.83. The third-order valence-corrected chi connectivity index (χ3v) is 3.46. The van der Waals surface area contributed by atoms with Gasteiger partial charge in [0.2, 0.25) is 0 Å². The predicted octanol–water partition coefficient (Wildman–Crippen LogP) is 2.93. The van der Waals surface area contributed by atoms with Crippen LogP contribution in [-0.4, -0.2) is 15.8 Å². The zero-order chi connectivity index (χ0) is 14.5. The Bertz CT molecular complexity index is 568. The third kappa shape index (κ3) is 3.99. The molecule has 1 atom stereocenters. The minimum absolute atomic E-state index is 0.173. The minimum Gasteiger partial charge on any atom is -0.486 e. The standard InChI is InChI=1S/C15H20ClN3O/c1-3-12(17)8-11-4-5-15(14(16)9-11)20-10-13-6-7-19(2)18-13/h4-7,9,12H,3,8,10,17H2,1-2H3. The molecule has 0 saturated heterocycles. The highest BCUT2D eigenvalue weighted by molar-refractivity contribution is 6.32. The molecule has 5 heteroatoms. The molecule has 1 unspecified atom stereocenters. The van der Waals surface area contributed by atoms with Crippen molar-refractivity contribution >= 4 is 11.6 Å². The molecule has 0 aliphatic rings. The smallest absolute Gasteiger partial charge is 0.138 e. The van der Waals surface area contributed by atoms with Crippen molar-refractivity contribution in [3.63, 3.8) is 0 Å². The number of nitrogens with zero attached hydrogens (tertiary/aromatic N) is 2. The van der Waals surface area contributed by atoms with Gasteiger partial charge in [-0.25, -0.2) is 0 Å². The molecule has 4 nitrogen and oxygen atoms in total. The van der Waals surface area contributed by atoms with Gasteiger partial charge in [0.05, 0.1) is 10.7 Å². The van der Waals surface area contributed by atoms with Crippen molar-refractivity contribution in [2.45, 2.75) is 32.4 Å². The van der Waals surface area contributed by atoms with Gasteiger partial charge in [0, 0.05) is 19.3 Å². The Labute approximate surface area is 124 Å². The van der Waals surface area contributed by atoms with Crippen molar-refractivity contribution in [3.05, 3.63) is 46.7 Å². The topological polar surface area (TPSA) is 53.1 Å². The molecule has 0 fully saturated rings. The summed E-state index contributed by atoms with van der Waals surface area (Å²) in [5, 5.41) is 4.87. The van der Waals surface area contributed by atoms with Crippen LogP contribution in [0.3, 0.4) is 0 Å². The molecular weight excluding hydrogens is 274 g/mol. The average molecular weight is 294 g/mol. The molecule has 0 aliphatic heterocycles. The van der Waals surface area contributed by atoms with Crippen molar-refractivity contribution in [1.29, 1.82) is 0 Å². The monoisotopic (exact) mass is 293 g/mol. The highest BCUT2D eigenvalue weighted by atomic mass is 35.5. The second-order valence-electron chi connectivity index (χ2n) is 4.91. The minimum atomic E-state index is 0.173. The van der Waals surface area contributed by atoms with Crippen LogP contribution in [0.2, 0.25) is 5.02 Å². The highest BCUT2D eigenvalue weighted by Crippen LogP contribution is 2.26. The molecule has 0 saturated carbocycles. The fraction of sp³-hybridized carbons (Fsp3) is 0.400. The molecule has 1 aromatic heterocycles. The highest BCUT2D eigenvalue weighted by Gasteiger charge is 2.07. The number of aromatic nitrogens is 2. The van der Waals surface area contributed by atoms with Gasteiger partial charge in [-0.2, -0.15) is 5.10 Å². The third-order valence-electron chi connectivity index (χ3n) is 3.16. The summed E-state index contributed by atoms with van der Waals surface area (Å²) in [6.07, 6.45) is 3.67. The van der Waals surface area contributed by atoms with Crippen molar-refractivity contribution in [2.75, 3.05) is 0 Å². The van der Waals surface area contributed by atoms with E-state index in [1.807, 2.05) is 37.5 Å². The molecule has 0 aliphatic carbocycles. The van der Waals surface area contributed by atoms with Crippen LogP contribution in [0.4, 0.5) is 0 Å². The second kappa shape index (κ2) is 6.77. The molecule has 0 bridgehead atoms. The lowest BCUT2D eigenvalue weighted by atomic mass is 10.0. The molecule has 1 heterocycles. The number of hydrogen-bond acceptors (Lipinski definition) is 3. The maximum atomic E-state index is 6.24. The van der Waals surface area contributed by atoms with E-state index in [1.165, 1.54) is 0 Å². The quantitative estimate of drug-likeness (QED) is 0.891. The van der Waals surface area contributed by atoms with Gasteiger partial charge >= 0.3 is 0 Å². The summed E-state index contributed by atoms with van der Waals surface area (Å²) >= 11 is 6.24. The summed E-state index contributed by atoms with van der Waals surface area (Å²) in [6, 6.07) is 7.91. The summed E-state index contributed by atoms with van der Waals surface area (Å²) in [4.78, 5) is 0. The molecule has 0 amide bonds. The number of nitrogens with two attached hydrogens (primary N) is 1. The van der Waals surface area contributed by atoms with E-state index in [-0.39, 0.29) is 6.04 Å². The normalized spacial score (nSPS) is 12.4. The summed E-state index contributed by atoms with van der Waals surface area (Å²) in [5.74, 6) is 0.672. The first-order chi connectivity index (χ1) is 9.58. The van der Waals surface area contributed by atoms with Crippen LogP contribution >= 0.6 is 11.6 Å². The summed E-state index contributed by atoms with van der Waals surface area (Å²) in [5.41, 5.74) is 7.95. The van der Waals surface area contributed by atoms with Crippen molar-refractivity contribution in [3.8, 4) is 5.75 Å². The van der Waals surface area contributed by atoms with Gasteiger partial charge in [-0.05, 0) is 36.6 Å². The van der Waals surface area contributed by atoms with Crippen LogP contribution in [0.5, 0.6) is 5.75 Å². The van der Waals surface area contributed by atoms with Crippen LogP contribution in [0.15, 0.2) is 30.5 Å². The Morgan fingerprint density at radius 2 is 2.20 bits per heavy atom. The van der Waals surface area contributed by atoms with Crippen molar-refractivity contribution in [2.24, 2.45) is 12.8 Å². The van der Waals surface area contributed by atoms with Crippen LogP contribution in [0.25, 0.3) is 0 Å². The van der Waals surface area contributed by atoms with E-state index < -0.39 is 0 Å². The Morgan fingerprint density at radius 3 is 2.80 bits per heavy atom. The summed E-state index contributed by atoms with van der Waals surface area (Å²) in [7, 11) is 1.88. The van der Waals surface area contributed by atoms with Gasteiger partial charge in [0.1, 0.15) is 12.4 Å². The lowest BCUT2D eigenvalue weighted by Gasteiger charge is -2.11. The van der Waals surface area contributed by atoms with Gasteiger partial charge in [0.25, 0.3) is 0 Å². The van der Waals surface area contributed by atoms with E-state index >= 15 is 0 Å². The van der Waals surface area contributed by atoms with E-state index in [2.05, 4.69) is 12.0 Å². The molecule has 0 spiro atoms. The largest absolute Gasteiger partial charge is 0.486 e. The Morgan fingerprint density at radius 1 is 1.40 bits per heavy atom. The van der Waals surface area contributed by atoms with Crippen LogP contribution in [0, 0.1) is 0 Å². The lowest BCUT2D eigenvalue weighted by molar-refractivity contribution is 0.300. The van der Waals surface area contributed by atoms with Crippen LogP contribution in [0.1, 0.15) is 24.6 Å². The van der Waals surface area contributed by atoms with Crippen LogP contribution < -0.4 is 10.5 Å². The summed E-state index contributed by atoms with van der Waals surface area (Å²) < 4.78 is 7.43. The predicted molar refractivity (Wildman–Crippen MR) is 81.0 cm³/mol. The molecular formula is C15H20ClN3O. The van der Waals surface area contributed by atoms with E-state index in [1.54, 1.807) is 4.68 Å². The van der Waals surface area contributed by atoms with Gasteiger partial charge in [0.15, 0.2) is 0 Å². The maximum absolute atomic E-state index is 6.24. The maximum Gasteiger partial charge on any atom is 0.138 e. The Kier molecular flexibility index (Phi) is 5.04. The van der Waals surface area contributed by atoms with Gasteiger partial charge in [-0.15, -0.1) is 0 Å². The van der Waals surface area contributed by atoms with Gasteiger partial charge in [-0.1, -0.05) is 24.6 Å². The fourth-order valence-corrected chi connectivity index (χ4v) is 2.19. The van der Waals surface area contributed by atoms with Gasteiger partial charge in [-0.3, -0.25) is 4.68 Å². The van der Waals surface area contributed by atoms with Gasteiger partial charge < -0.3 is 10.5 Å². The van der Waals surface area contributed by atoms with E-state index in [0.717, 1.165) is 24.1 Å². The van der Waals surface area contributed by atoms with Crippen molar-refractivity contribution in [1.82, 2.24) is 9.78 Å². The second-order valence-corrected chi connectivity index (χ2v) is 5.31. The summed E-state index contributed by atoms with van der Waals surface area (Å²) in [6.45, 7) is 2.49. The zero-order valence-corrected chi connectivity index (χ0v) is 12.6. The number of benzene rings is 1. The Balaban J connectivity index is 1.98. The lowest BCUT2D eigenvalue weighted by Crippen LogP contribution is -2.21. The van der Waals surface area contributed by atoms with E-state index in [9.17, 15) is 0 Å². The number of halogens is 1. The molecule has 2 aromatic rings. The van der Waals surface area contributed by atoms with Crippen LogP contribution in [-0.2, 0) is 20.1 Å². The molecule has 108 valence electrons. The number of hydrogen-bond donors (Lipinski definition) is 1. The van der Waals surface area contributed by atoms with Crippen molar-refractivity contribution < 1.29 is 4.74 Å². The first-order valence-corrected chi connectivity index (χ1v) is 7.11. The number of ether oxygens (including phenoxy) is 1. The van der Waals surface area contributed by atoms with E-state index in [0.29, 0.717) is 17.4 Å². The molecule has 20 heavy (non-hydrogen) atoms. The number of aryl methyl sites for hydroxylation is 1. The first kappa shape index (κ1) is 14.9. The number of rotatable bonds is 6. The first-order valence-electron chi connectivity index (χ1n) is 6.73. The molecule has 2 rings (SSSR count). The zero-order valence-electron chi connectivity index (χ0n) is 11.8. The Hall–Kier alpha value is -1.52. The molecule has 1 aromatic carbocycles. The SMILES string of the molecule is CCC(N)Cc1ccc(OCc2ccn(C)n2)c(Cl)c1. The van der Waals surface area contributed by atoms with E-state index in [4.69, 9.17) is 22.1 Å². The molecule has 2 N–H and O–H groups in total. The molecule has 0 radical (unpaired) electrons.